The van der Waals surface area contributed by atoms with Crippen LogP contribution in [0.3, 0.4) is 0 Å². The Kier molecular flexibility index (Phi) is 9.18. The highest BCUT2D eigenvalue weighted by Gasteiger charge is 2.73. The molecular formula is C15H21F7N2O5. The minimum absolute atomic E-state index is 0.212. The molecule has 0 aromatic carbocycles. The Morgan fingerprint density at radius 3 is 1.86 bits per heavy atom. The van der Waals surface area contributed by atoms with Gasteiger partial charge in [0.1, 0.15) is 12.1 Å². The van der Waals surface area contributed by atoms with Gasteiger partial charge in [0.15, 0.2) is 6.61 Å². The molecule has 29 heavy (non-hydrogen) atoms. The van der Waals surface area contributed by atoms with Crippen molar-refractivity contribution >= 4 is 18.0 Å². The number of alkyl carbamates (subject to hydrolysis) is 1. The minimum Gasteiger partial charge on any atom is -0.457 e. The summed E-state index contributed by atoms with van der Waals surface area (Å²) in [7, 11) is 1.01. The van der Waals surface area contributed by atoms with Crippen LogP contribution in [0.15, 0.2) is 0 Å². The van der Waals surface area contributed by atoms with Gasteiger partial charge in [-0.3, -0.25) is 4.79 Å². The van der Waals surface area contributed by atoms with E-state index in [4.69, 9.17) is 0 Å². The Morgan fingerprint density at radius 2 is 1.45 bits per heavy atom. The van der Waals surface area contributed by atoms with E-state index in [1.807, 2.05) is 5.32 Å². The number of methoxy groups -OCH3 is 1. The summed E-state index contributed by atoms with van der Waals surface area (Å²) in [4.78, 5) is 35.0. The Balaban J connectivity index is 5.19. The normalized spacial score (nSPS) is 14.8. The van der Waals surface area contributed by atoms with Crippen molar-refractivity contribution in [2.24, 2.45) is 5.92 Å². The highest BCUT2D eigenvalue weighted by molar-refractivity contribution is 5.89. The third-order valence-electron chi connectivity index (χ3n) is 3.43. The van der Waals surface area contributed by atoms with Gasteiger partial charge in [-0.25, -0.2) is 9.59 Å². The van der Waals surface area contributed by atoms with Crippen LogP contribution in [0.5, 0.6) is 0 Å². The number of amides is 2. The number of hydrogen-bond donors (Lipinski definition) is 2. The molecule has 7 nitrogen and oxygen atoms in total. The maximum Gasteiger partial charge on any atom is 0.460 e. The molecule has 0 bridgehead atoms. The molecule has 2 N–H and O–H groups in total. The topological polar surface area (TPSA) is 93.7 Å². The van der Waals surface area contributed by atoms with Crippen molar-refractivity contribution in [1.82, 2.24) is 10.6 Å². The van der Waals surface area contributed by atoms with E-state index in [9.17, 15) is 45.1 Å². The largest absolute Gasteiger partial charge is 0.460 e. The molecule has 0 aliphatic heterocycles. The Morgan fingerprint density at radius 1 is 0.931 bits per heavy atom. The number of nitrogens with one attached hydrogen (secondary N) is 2. The van der Waals surface area contributed by atoms with Crippen LogP contribution >= 0.6 is 0 Å². The van der Waals surface area contributed by atoms with Gasteiger partial charge in [-0.1, -0.05) is 13.8 Å². The molecule has 0 aliphatic rings. The average molecular weight is 442 g/mol. The lowest BCUT2D eigenvalue weighted by Gasteiger charge is -2.28. The number of carbonyl (C=O) groups excluding carboxylic acids is 3. The van der Waals surface area contributed by atoms with E-state index in [0.717, 1.165) is 7.11 Å². The van der Waals surface area contributed by atoms with Crippen LogP contribution in [0.25, 0.3) is 0 Å². The van der Waals surface area contributed by atoms with Crippen LogP contribution < -0.4 is 10.6 Å². The third-order valence-corrected chi connectivity index (χ3v) is 3.43. The van der Waals surface area contributed by atoms with Crippen LogP contribution in [0.2, 0.25) is 0 Å². The van der Waals surface area contributed by atoms with Gasteiger partial charge in [-0.05, 0) is 19.3 Å². The van der Waals surface area contributed by atoms with Gasteiger partial charge in [-0.15, -0.1) is 0 Å². The van der Waals surface area contributed by atoms with Crippen molar-refractivity contribution in [1.29, 1.82) is 0 Å². The number of carbonyl (C=O) groups is 3. The second kappa shape index (κ2) is 9.96. The average Bonchev–Trinajstić information content (AvgIpc) is 2.57. The minimum atomic E-state index is -6.57. The molecular weight excluding hydrogens is 421 g/mol. The van der Waals surface area contributed by atoms with E-state index in [1.165, 1.54) is 6.92 Å². The maximum absolute atomic E-state index is 13.3. The van der Waals surface area contributed by atoms with Gasteiger partial charge >= 0.3 is 30.1 Å². The molecule has 0 heterocycles. The summed E-state index contributed by atoms with van der Waals surface area (Å²) in [5.74, 6) is -15.1. The van der Waals surface area contributed by atoms with Gasteiger partial charge in [-0.2, -0.15) is 30.7 Å². The summed E-state index contributed by atoms with van der Waals surface area (Å²) < 4.78 is 96.7. The predicted molar refractivity (Wildman–Crippen MR) is 83.3 cm³/mol. The summed E-state index contributed by atoms with van der Waals surface area (Å²) in [6.07, 6.45) is -7.77. The van der Waals surface area contributed by atoms with E-state index >= 15 is 0 Å². The van der Waals surface area contributed by atoms with E-state index in [-0.39, 0.29) is 12.3 Å². The maximum atomic E-state index is 13.3. The molecule has 0 aromatic heterocycles. The first-order valence-electron chi connectivity index (χ1n) is 8.10. The van der Waals surface area contributed by atoms with E-state index in [2.05, 4.69) is 14.8 Å². The number of alkyl halides is 7. The molecule has 0 saturated heterocycles. The van der Waals surface area contributed by atoms with E-state index in [0.29, 0.717) is 0 Å². The fraction of sp³-hybridized carbons (Fsp3) is 0.800. The molecule has 0 fully saturated rings. The van der Waals surface area contributed by atoms with Crippen molar-refractivity contribution < 1.29 is 54.6 Å². The van der Waals surface area contributed by atoms with Crippen LogP contribution in [0.1, 0.15) is 27.2 Å². The Bertz CT molecular complexity index is 596. The van der Waals surface area contributed by atoms with Crippen LogP contribution in [0, 0.1) is 5.92 Å². The number of rotatable bonds is 9. The lowest BCUT2D eigenvalue weighted by Crippen LogP contribution is -2.55. The molecule has 0 spiro atoms. The van der Waals surface area contributed by atoms with Crippen LogP contribution in [0.4, 0.5) is 35.5 Å². The van der Waals surface area contributed by atoms with Crippen LogP contribution in [-0.4, -0.2) is 61.8 Å². The first-order chi connectivity index (χ1) is 13.0. The molecule has 0 aromatic rings. The highest BCUT2D eigenvalue weighted by atomic mass is 19.4. The Labute approximate surface area is 161 Å². The lowest BCUT2D eigenvalue weighted by molar-refractivity contribution is -0.359. The zero-order valence-electron chi connectivity index (χ0n) is 15.8. The fourth-order valence-corrected chi connectivity index (χ4v) is 1.84. The van der Waals surface area contributed by atoms with E-state index in [1.54, 1.807) is 13.8 Å². The van der Waals surface area contributed by atoms with Crippen molar-refractivity contribution in [3.05, 3.63) is 0 Å². The highest BCUT2D eigenvalue weighted by Crippen LogP contribution is 2.46. The zero-order valence-corrected chi connectivity index (χ0v) is 15.8. The molecule has 170 valence electrons. The Hall–Kier alpha value is -2.28. The molecule has 0 rings (SSSR count). The number of halogens is 7. The van der Waals surface area contributed by atoms with Gasteiger partial charge in [0, 0.05) is 0 Å². The fourth-order valence-electron chi connectivity index (χ4n) is 1.84. The van der Waals surface area contributed by atoms with Crippen molar-refractivity contribution in [3.63, 3.8) is 0 Å². The molecule has 0 saturated carbocycles. The SMILES string of the molecule is COC(=O)NC(C)C(=O)NC(CC(C)C)C(=O)OCC(F)(F)C(F)(F)C(F)(F)F. The summed E-state index contributed by atoms with van der Waals surface area (Å²) >= 11 is 0. The van der Waals surface area contributed by atoms with Gasteiger partial charge in [0.2, 0.25) is 5.91 Å². The predicted octanol–water partition coefficient (Wildman–Crippen LogP) is 2.64. The first-order valence-corrected chi connectivity index (χ1v) is 8.10. The molecule has 0 aliphatic carbocycles. The zero-order chi connectivity index (χ0) is 23.2. The number of hydrogen-bond acceptors (Lipinski definition) is 5. The first kappa shape index (κ1) is 26.7. The molecule has 2 atom stereocenters. The van der Waals surface area contributed by atoms with Gasteiger partial charge < -0.3 is 20.1 Å². The quantitative estimate of drug-likeness (QED) is 0.423. The summed E-state index contributed by atoms with van der Waals surface area (Å²) in [6, 6.07) is -2.89. The molecule has 2 amide bonds. The lowest BCUT2D eigenvalue weighted by atomic mass is 10.0. The molecule has 0 radical (unpaired) electrons. The number of esters is 1. The summed E-state index contributed by atoms with van der Waals surface area (Å²) in [6.45, 7) is 1.73. The summed E-state index contributed by atoms with van der Waals surface area (Å²) in [5, 5.41) is 4.09. The smallest absolute Gasteiger partial charge is 0.457 e. The monoisotopic (exact) mass is 442 g/mol. The van der Waals surface area contributed by atoms with Gasteiger partial charge in [0.25, 0.3) is 0 Å². The third kappa shape index (κ3) is 7.57. The van der Waals surface area contributed by atoms with Gasteiger partial charge in [0.05, 0.1) is 7.11 Å². The van der Waals surface area contributed by atoms with Crippen molar-refractivity contribution in [3.8, 4) is 0 Å². The molecule has 14 heteroatoms. The van der Waals surface area contributed by atoms with Crippen LogP contribution in [-0.2, 0) is 19.1 Å². The summed E-state index contributed by atoms with van der Waals surface area (Å²) in [5.41, 5.74) is 0. The van der Waals surface area contributed by atoms with Crippen molar-refractivity contribution in [2.45, 2.75) is 57.3 Å². The second-order valence-electron chi connectivity index (χ2n) is 6.43. The van der Waals surface area contributed by atoms with E-state index < -0.39 is 54.7 Å². The molecule has 2 unspecified atom stereocenters. The van der Waals surface area contributed by atoms with Crippen molar-refractivity contribution in [2.75, 3.05) is 13.7 Å². The second-order valence-corrected chi connectivity index (χ2v) is 6.43. The standard InChI is InChI=1S/C15H21F7N2O5/c1-7(2)5-9(24-10(25)8(3)23-12(27)28-4)11(26)29-6-13(16,17)14(18,19)15(20,21)22/h7-9H,5-6H2,1-4H3,(H,23,27)(H,24,25). The number of ether oxygens (including phenoxy) is 2.